The van der Waals surface area contributed by atoms with Crippen molar-refractivity contribution >= 4 is 0 Å². The van der Waals surface area contributed by atoms with E-state index < -0.39 is 64.2 Å². The quantitative estimate of drug-likeness (QED) is 0.277. The van der Waals surface area contributed by atoms with E-state index in [0.717, 1.165) is 6.07 Å². The van der Waals surface area contributed by atoms with E-state index in [0.29, 0.717) is 30.9 Å². The molecule has 0 atom stereocenters. The van der Waals surface area contributed by atoms with Crippen molar-refractivity contribution in [2.75, 3.05) is 13.2 Å². The van der Waals surface area contributed by atoms with Crippen LogP contribution in [0.15, 0.2) is 42.5 Å². The van der Waals surface area contributed by atoms with Crippen molar-refractivity contribution in [2.45, 2.75) is 19.3 Å². The maximum Gasteiger partial charge on any atom is 0.432 e. The Morgan fingerprint density at radius 1 is 0.771 bits per heavy atom. The fraction of sp³-hybridized carbons (Fsp3) is 0.250. The summed E-state index contributed by atoms with van der Waals surface area (Å²) in [5.74, 6) is -11.2. The Morgan fingerprint density at radius 3 is 1.89 bits per heavy atom. The maximum absolute atomic E-state index is 14.7. The number of rotatable bonds is 5. The predicted octanol–water partition coefficient (Wildman–Crippen LogP) is 7.00. The van der Waals surface area contributed by atoms with Crippen LogP contribution in [0, 0.1) is 40.8 Å². The lowest BCUT2D eigenvalue weighted by atomic mass is 10.00. The minimum absolute atomic E-state index is 0.0911. The zero-order valence-electron chi connectivity index (χ0n) is 17.9. The highest BCUT2D eigenvalue weighted by molar-refractivity contribution is 5.65. The fourth-order valence-electron chi connectivity index (χ4n) is 3.50. The van der Waals surface area contributed by atoms with E-state index in [2.05, 4.69) is 4.74 Å². The van der Waals surface area contributed by atoms with Crippen molar-refractivity contribution in [1.82, 2.24) is 0 Å². The molecule has 0 unspecified atom stereocenters. The minimum Gasteiger partial charge on any atom is -0.429 e. The average Bonchev–Trinajstić information content (AvgIpc) is 2.76. The molecule has 3 aromatic carbocycles. The van der Waals surface area contributed by atoms with E-state index in [9.17, 15) is 35.1 Å². The van der Waals surface area contributed by atoms with E-state index in [1.807, 2.05) is 6.92 Å². The molecular formula is C24H16F8O3. The van der Waals surface area contributed by atoms with Crippen LogP contribution in [0.5, 0.6) is 5.75 Å². The van der Waals surface area contributed by atoms with Crippen molar-refractivity contribution < 1.29 is 49.3 Å². The molecule has 0 N–H and O–H groups in total. The Hall–Kier alpha value is -3.18. The summed E-state index contributed by atoms with van der Waals surface area (Å²) in [6.07, 6.45) is -5.58. The third-order valence-electron chi connectivity index (χ3n) is 5.18. The Balaban J connectivity index is 1.62. The van der Waals surface area contributed by atoms with Crippen LogP contribution in [-0.2, 0) is 15.6 Å². The van der Waals surface area contributed by atoms with Gasteiger partial charge >= 0.3 is 6.11 Å². The normalized spacial score (nSPS) is 18.5. The molecule has 0 bridgehead atoms. The van der Waals surface area contributed by atoms with Gasteiger partial charge in [-0.25, -0.2) is 26.3 Å². The van der Waals surface area contributed by atoms with Gasteiger partial charge in [0.05, 0.1) is 13.2 Å². The summed E-state index contributed by atoms with van der Waals surface area (Å²) >= 11 is 0. The lowest BCUT2D eigenvalue weighted by Crippen LogP contribution is -2.25. The first-order valence-corrected chi connectivity index (χ1v) is 10.2. The third kappa shape index (κ3) is 5.10. The molecule has 0 aromatic heterocycles. The first-order valence-electron chi connectivity index (χ1n) is 10.2. The smallest absolute Gasteiger partial charge is 0.429 e. The van der Waals surface area contributed by atoms with E-state index in [1.165, 1.54) is 12.1 Å². The van der Waals surface area contributed by atoms with Gasteiger partial charge in [-0.05, 0) is 23.8 Å². The lowest BCUT2D eigenvalue weighted by Gasteiger charge is -2.27. The number of hydrogen-bond acceptors (Lipinski definition) is 3. The van der Waals surface area contributed by atoms with Crippen LogP contribution in [0.2, 0.25) is 0 Å². The van der Waals surface area contributed by atoms with E-state index in [1.54, 1.807) is 0 Å². The summed E-state index contributed by atoms with van der Waals surface area (Å²) in [7, 11) is 0. The largest absolute Gasteiger partial charge is 0.432 e. The van der Waals surface area contributed by atoms with Gasteiger partial charge in [-0.15, -0.1) is 0 Å². The first kappa shape index (κ1) is 24.9. The second kappa shape index (κ2) is 9.46. The van der Waals surface area contributed by atoms with Crippen molar-refractivity contribution in [1.29, 1.82) is 0 Å². The molecule has 11 heteroatoms. The zero-order chi connectivity index (χ0) is 25.5. The van der Waals surface area contributed by atoms with E-state index in [-0.39, 0.29) is 23.6 Å². The molecule has 1 fully saturated rings. The number of benzene rings is 3. The zero-order valence-corrected chi connectivity index (χ0v) is 17.9. The highest BCUT2D eigenvalue weighted by Crippen LogP contribution is 2.38. The molecule has 1 aliphatic rings. The van der Waals surface area contributed by atoms with Gasteiger partial charge in [0, 0.05) is 29.2 Å². The molecule has 3 nitrogen and oxygen atoms in total. The van der Waals surface area contributed by atoms with Crippen molar-refractivity contribution in [3.05, 3.63) is 88.5 Å². The van der Waals surface area contributed by atoms with Gasteiger partial charge in [0.2, 0.25) is 0 Å². The van der Waals surface area contributed by atoms with Gasteiger partial charge in [0.15, 0.2) is 23.7 Å². The molecule has 0 radical (unpaired) electrons. The van der Waals surface area contributed by atoms with Gasteiger partial charge in [-0.2, -0.15) is 8.78 Å². The summed E-state index contributed by atoms with van der Waals surface area (Å²) in [4.78, 5) is 0. The molecule has 0 aliphatic carbocycles. The molecular weight excluding hydrogens is 488 g/mol. The van der Waals surface area contributed by atoms with Crippen LogP contribution in [0.4, 0.5) is 35.1 Å². The molecule has 0 saturated carbocycles. The number of hydrogen-bond donors (Lipinski definition) is 0. The molecule has 1 heterocycles. The van der Waals surface area contributed by atoms with E-state index in [4.69, 9.17) is 9.47 Å². The Bertz CT molecular complexity index is 1210. The summed E-state index contributed by atoms with van der Waals surface area (Å²) < 4.78 is 127. The molecule has 0 spiro atoms. The predicted molar refractivity (Wildman–Crippen MR) is 106 cm³/mol. The maximum atomic E-state index is 14.7. The molecule has 3 aromatic rings. The molecule has 4 rings (SSSR count). The fourth-order valence-corrected chi connectivity index (χ4v) is 3.50. The van der Waals surface area contributed by atoms with Gasteiger partial charge < -0.3 is 14.2 Å². The van der Waals surface area contributed by atoms with Gasteiger partial charge in [0.1, 0.15) is 28.8 Å². The molecule has 186 valence electrons. The molecule has 0 amide bonds. The van der Waals surface area contributed by atoms with Gasteiger partial charge in [-0.3, -0.25) is 0 Å². The van der Waals surface area contributed by atoms with Crippen LogP contribution >= 0.6 is 0 Å². The Labute approximate surface area is 193 Å². The highest BCUT2D eigenvalue weighted by atomic mass is 19.3. The summed E-state index contributed by atoms with van der Waals surface area (Å²) in [5.41, 5.74) is -2.27. The number of halogens is 8. The van der Waals surface area contributed by atoms with Crippen molar-refractivity contribution in [3.8, 4) is 16.9 Å². The molecule has 35 heavy (non-hydrogen) atoms. The number of alkyl halides is 2. The Kier molecular flexibility index (Phi) is 6.74. The van der Waals surface area contributed by atoms with Crippen molar-refractivity contribution in [2.24, 2.45) is 5.92 Å². The Morgan fingerprint density at radius 2 is 1.34 bits per heavy atom. The summed E-state index contributed by atoms with van der Waals surface area (Å²) in [6, 6.07) is 4.71. The van der Waals surface area contributed by atoms with Gasteiger partial charge in [-0.1, -0.05) is 19.1 Å². The standard InChI is InChI=1S/C24H16F8O3/c1-11-9-33-23(34-10-11)12-2-3-15(16(25)4-12)13-5-17(26)21(18(27)6-13)24(31,32)35-14-7-19(28)22(30)20(29)8-14/h2-8,11,23H,9-10H2,1H3. The first-order chi connectivity index (χ1) is 16.5. The number of ether oxygens (including phenoxy) is 3. The lowest BCUT2D eigenvalue weighted by molar-refractivity contribution is -0.202. The molecule has 1 aliphatic heterocycles. The SMILES string of the molecule is CC1COC(c2ccc(-c3cc(F)c(C(F)(F)Oc4cc(F)c(F)c(F)c4)c(F)c3)c(F)c2)OC1. The highest BCUT2D eigenvalue weighted by Gasteiger charge is 2.41. The van der Waals surface area contributed by atoms with Gasteiger partial charge in [0.25, 0.3) is 0 Å². The minimum atomic E-state index is -4.75. The topological polar surface area (TPSA) is 27.7 Å². The average molecular weight is 504 g/mol. The van der Waals surface area contributed by atoms with Crippen molar-refractivity contribution in [3.63, 3.8) is 0 Å². The molecule has 1 saturated heterocycles. The second-order valence-corrected chi connectivity index (χ2v) is 7.98. The van der Waals surface area contributed by atoms with Crippen LogP contribution in [-0.4, -0.2) is 13.2 Å². The summed E-state index contributed by atoms with van der Waals surface area (Å²) in [6.45, 7) is 2.68. The monoisotopic (exact) mass is 504 g/mol. The van der Waals surface area contributed by atoms with Crippen LogP contribution in [0.1, 0.15) is 24.3 Å². The van der Waals surface area contributed by atoms with E-state index >= 15 is 0 Å². The third-order valence-corrected chi connectivity index (χ3v) is 5.18. The van der Waals surface area contributed by atoms with Crippen LogP contribution in [0.3, 0.4) is 0 Å². The van der Waals surface area contributed by atoms with Crippen LogP contribution in [0.25, 0.3) is 11.1 Å². The second-order valence-electron chi connectivity index (χ2n) is 7.98. The summed E-state index contributed by atoms with van der Waals surface area (Å²) in [5, 5.41) is 0. The van der Waals surface area contributed by atoms with Crippen LogP contribution < -0.4 is 4.74 Å².